The topological polar surface area (TPSA) is 23.6 Å². The second-order valence-electron chi connectivity index (χ2n) is 6.15. The number of rotatable bonds is 6. The van der Waals surface area contributed by atoms with Crippen molar-refractivity contribution in [1.82, 2.24) is 0 Å². The van der Waals surface area contributed by atoms with Gasteiger partial charge in [-0.2, -0.15) is 0 Å². The van der Waals surface area contributed by atoms with Gasteiger partial charge in [-0.05, 0) is 23.9 Å². The highest BCUT2D eigenvalue weighted by Crippen LogP contribution is 2.37. The Balaban J connectivity index is 2.71. The van der Waals surface area contributed by atoms with Crippen LogP contribution in [-0.2, 0) is 0 Å². The van der Waals surface area contributed by atoms with Crippen LogP contribution in [0.25, 0.3) is 10.8 Å². The van der Waals surface area contributed by atoms with Gasteiger partial charge in [0.2, 0.25) is 0 Å². The number of hydrogen-bond donors (Lipinski definition) is 0. The third-order valence-corrected chi connectivity index (χ3v) is 3.98. The van der Waals surface area contributed by atoms with Crippen LogP contribution in [0.3, 0.4) is 0 Å². The van der Waals surface area contributed by atoms with Gasteiger partial charge in [0.1, 0.15) is 0 Å². The van der Waals surface area contributed by atoms with E-state index >= 15 is 0 Å². The molecule has 3 nitrogen and oxygen atoms in total. The van der Waals surface area contributed by atoms with Gasteiger partial charge in [0, 0.05) is 51.2 Å². The average molecular weight is 298 g/mol. The molecule has 0 saturated carbocycles. The molecule has 0 unspecified atom stereocenters. The van der Waals surface area contributed by atoms with Crippen LogP contribution in [0.15, 0.2) is 30.3 Å². The van der Waals surface area contributed by atoms with Gasteiger partial charge >= 0.3 is 0 Å². The van der Waals surface area contributed by atoms with Crippen LogP contribution in [0.5, 0.6) is 0 Å². The van der Waals surface area contributed by atoms with Crippen LogP contribution in [0.2, 0.25) is 0 Å². The molecule has 0 aromatic heterocycles. The second kappa shape index (κ2) is 6.82. The van der Waals surface area contributed by atoms with Crippen LogP contribution in [0, 0.1) is 0 Å². The minimum absolute atomic E-state index is 0.237. The smallest absolute Gasteiger partial charge is 0.164 e. The summed E-state index contributed by atoms with van der Waals surface area (Å²) >= 11 is 0. The minimum Gasteiger partial charge on any atom is -0.377 e. The van der Waals surface area contributed by atoms with E-state index in [0.29, 0.717) is 6.42 Å². The quantitative estimate of drug-likeness (QED) is 0.741. The molecule has 0 aliphatic heterocycles. The van der Waals surface area contributed by atoms with Crippen molar-refractivity contribution < 1.29 is 4.79 Å². The Morgan fingerprint density at radius 1 is 1.00 bits per heavy atom. The first-order chi connectivity index (χ1) is 10.5. The first-order valence-electron chi connectivity index (χ1n) is 7.91. The van der Waals surface area contributed by atoms with Gasteiger partial charge in [0.05, 0.1) is 5.69 Å². The molecule has 0 aliphatic rings. The number of benzene rings is 2. The lowest BCUT2D eigenvalue weighted by molar-refractivity contribution is 0.0980. The molecule has 2 aromatic rings. The first kappa shape index (κ1) is 16.3. The molecule has 22 heavy (non-hydrogen) atoms. The molecule has 0 N–H and O–H groups in total. The molecule has 0 heterocycles. The summed E-state index contributed by atoms with van der Waals surface area (Å²) in [6, 6.07) is 10.3. The van der Waals surface area contributed by atoms with Gasteiger partial charge in [-0.1, -0.05) is 31.5 Å². The zero-order chi connectivity index (χ0) is 16.3. The summed E-state index contributed by atoms with van der Waals surface area (Å²) in [5, 5.41) is 2.32. The molecule has 0 radical (unpaired) electrons. The zero-order valence-electron chi connectivity index (χ0n) is 14.3. The summed E-state index contributed by atoms with van der Waals surface area (Å²) in [6.07, 6.45) is 2.60. The maximum Gasteiger partial charge on any atom is 0.164 e. The molecular weight excluding hydrogens is 272 g/mol. The summed E-state index contributed by atoms with van der Waals surface area (Å²) in [7, 11) is 8.11. The van der Waals surface area contributed by atoms with Gasteiger partial charge in [-0.3, -0.25) is 4.79 Å². The van der Waals surface area contributed by atoms with E-state index in [0.717, 1.165) is 35.2 Å². The number of ketones is 1. The van der Waals surface area contributed by atoms with Gasteiger partial charge in [-0.15, -0.1) is 0 Å². The van der Waals surface area contributed by atoms with Crippen LogP contribution in [-0.4, -0.2) is 34.0 Å². The normalized spacial score (nSPS) is 10.8. The average Bonchev–Trinajstić information content (AvgIpc) is 2.50. The molecule has 0 fully saturated rings. The Kier molecular flexibility index (Phi) is 5.07. The third-order valence-electron chi connectivity index (χ3n) is 3.98. The van der Waals surface area contributed by atoms with Crippen molar-refractivity contribution >= 4 is 27.9 Å². The zero-order valence-corrected chi connectivity index (χ0v) is 14.3. The molecular formula is C19H26N2O. The predicted molar refractivity (Wildman–Crippen MR) is 96.5 cm³/mol. The Hall–Kier alpha value is -2.03. The molecule has 2 aromatic carbocycles. The fraction of sp³-hybridized carbons (Fsp3) is 0.421. The van der Waals surface area contributed by atoms with E-state index in [-0.39, 0.29) is 5.78 Å². The molecule has 0 spiro atoms. The van der Waals surface area contributed by atoms with Crippen molar-refractivity contribution in [2.45, 2.75) is 26.2 Å². The maximum atomic E-state index is 12.6. The number of carbonyl (C=O) groups excluding carboxylic acids is 1. The number of unbranched alkanes of at least 4 members (excludes halogenated alkanes) is 1. The molecule has 0 bridgehead atoms. The maximum absolute atomic E-state index is 12.6. The molecule has 0 saturated heterocycles. The van der Waals surface area contributed by atoms with E-state index in [1.54, 1.807) is 0 Å². The number of fused-ring (bicyclic) bond motifs is 1. The lowest BCUT2D eigenvalue weighted by Gasteiger charge is -2.24. The highest BCUT2D eigenvalue weighted by atomic mass is 16.1. The van der Waals surface area contributed by atoms with Crippen LogP contribution < -0.4 is 9.80 Å². The number of hydrogen-bond acceptors (Lipinski definition) is 3. The van der Waals surface area contributed by atoms with E-state index < -0.39 is 0 Å². The Bertz CT molecular complexity index is 674. The van der Waals surface area contributed by atoms with Crippen LogP contribution in [0.1, 0.15) is 36.5 Å². The number of anilines is 2. The summed E-state index contributed by atoms with van der Waals surface area (Å²) < 4.78 is 0. The SMILES string of the molecule is CCCCC(=O)c1ccc2cccc(N(C)C)c2c1N(C)C. The summed E-state index contributed by atoms with van der Waals surface area (Å²) in [6.45, 7) is 2.12. The minimum atomic E-state index is 0.237. The monoisotopic (exact) mass is 298 g/mol. The van der Waals surface area contributed by atoms with Gasteiger partial charge in [0.25, 0.3) is 0 Å². The predicted octanol–water partition coefficient (Wildman–Crippen LogP) is 4.34. The Labute approximate surface area is 133 Å². The lowest BCUT2D eigenvalue weighted by Crippen LogP contribution is -2.17. The third kappa shape index (κ3) is 3.08. The van der Waals surface area contributed by atoms with Crippen molar-refractivity contribution in [3.8, 4) is 0 Å². The fourth-order valence-electron chi connectivity index (χ4n) is 2.88. The molecule has 0 aliphatic carbocycles. The van der Waals surface area contributed by atoms with Crippen molar-refractivity contribution in [1.29, 1.82) is 0 Å². The van der Waals surface area contributed by atoms with Crippen LogP contribution >= 0.6 is 0 Å². The first-order valence-corrected chi connectivity index (χ1v) is 7.91. The molecule has 0 atom stereocenters. The molecule has 118 valence electrons. The van der Waals surface area contributed by atoms with Crippen molar-refractivity contribution in [3.63, 3.8) is 0 Å². The Morgan fingerprint density at radius 2 is 1.73 bits per heavy atom. The van der Waals surface area contributed by atoms with E-state index in [1.165, 1.54) is 5.39 Å². The lowest BCUT2D eigenvalue weighted by atomic mass is 9.96. The standard InChI is InChI=1S/C19H26N2O/c1-6-7-11-17(22)15-13-12-14-9-8-10-16(20(2)3)18(14)19(15)21(4)5/h8-10,12-13H,6-7,11H2,1-5H3. The highest BCUT2D eigenvalue weighted by molar-refractivity contribution is 6.13. The number of Topliss-reactive ketones (excluding diaryl/α,β-unsaturated/α-hetero) is 1. The fourth-order valence-corrected chi connectivity index (χ4v) is 2.88. The van der Waals surface area contributed by atoms with Crippen molar-refractivity contribution in [3.05, 3.63) is 35.9 Å². The summed E-state index contributed by atoms with van der Waals surface area (Å²) in [4.78, 5) is 16.8. The van der Waals surface area contributed by atoms with Gasteiger partial charge < -0.3 is 9.80 Å². The number of carbonyl (C=O) groups is 1. The van der Waals surface area contributed by atoms with E-state index in [2.05, 4.69) is 41.0 Å². The second-order valence-corrected chi connectivity index (χ2v) is 6.15. The molecule has 3 heteroatoms. The van der Waals surface area contributed by atoms with Crippen molar-refractivity contribution in [2.24, 2.45) is 0 Å². The van der Waals surface area contributed by atoms with E-state index in [1.807, 2.05) is 34.3 Å². The van der Waals surface area contributed by atoms with Crippen LogP contribution in [0.4, 0.5) is 11.4 Å². The van der Waals surface area contributed by atoms with E-state index in [9.17, 15) is 4.79 Å². The summed E-state index contributed by atoms with van der Waals surface area (Å²) in [5.41, 5.74) is 3.01. The Morgan fingerprint density at radius 3 is 2.32 bits per heavy atom. The van der Waals surface area contributed by atoms with E-state index in [4.69, 9.17) is 0 Å². The van der Waals surface area contributed by atoms with Gasteiger partial charge in [0.15, 0.2) is 5.78 Å². The largest absolute Gasteiger partial charge is 0.377 e. The molecule has 0 amide bonds. The van der Waals surface area contributed by atoms with Gasteiger partial charge in [-0.25, -0.2) is 0 Å². The van der Waals surface area contributed by atoms with Crippen molar-refractivity contribution in [2.75, 3.05) is 38.0 Å². The number of nitrogens with zero attached hydrogens (tertiary/aromatic N) is 2. The summed E-state index contributed by atoms with van der Waals surface area (Å²) in [5.74, 6) is 0.237. The molecule has 2 rings (SSSR count). The highest BCUT2D eigenvalue weighted by Gasteiger charge is 2.18.